The Hall–Kier alpha value is -0.330. The molecule has 0 radical (unpaired) electrons. The number of nitrogens with zero attached hydrogens (tertiary/aromatic N) is 3. The third kappa shape index (κ3) is 2.09. The highest BCUT2D eigenvalue weighted by molar-refractivity contribution is 14.1. The predicted octanol–water partition coefficient (Wildman–Crippen LogP) is 4.13. The number of halogens is 3. The van der Waals surface area contributed by atoms with Crippen molar-refractivity contribution in [1.29, 1.82) is 0 Å². The summed E-state index contributed by atoms with van der Waals surface area (Å²) in [5.41, 5.74) is 8.44. The van der Waals surface area contributed by atoms with E-state index >= 15 is 0 Å². The van der Waals surface area contributed by atoms with E-state index in [2.05, 4.69) is 26.0 Å². The molecule has 0 bridgehead atoms. The molecular weight excluding hydrogens is 340 g/mol. The van der Waals surface area contributed by atoms with E-state index in [9.17, 15) is 4.39 Å². The summed E-state index contributed by atoms with van der Waals surface area (Å²) in [5, 5.41) is 3.33. The zero-order chi connectivity index (χ0) is 9.14. The van der Waals surface area contributed by atoms with E-state index in [0.29, 0.717) is 13.7 Å². The van der Waals surface area contributed by atoms with Crippen molar-refractivity contribution in [2.24, 2.45) is 5.11 Å². The highest BCUT2D eigenvalue weighted by atomic mass is 127. The fourth-order valence-electron chi connectivity index (χ4n) is 0.663. The van der Waals surface area contributed by atoms with E-state index < -0.39 is 5.82 Å². The van der Waals surface area contributed by atoms with Crippen molar-refractivity contribution in [1.82, 2.24) is 0 Å². The normalized spacial score (nSPS) is 9.25. The number of rotatable bonds is 1. The van der Waals surface area contributed by atoms with E-state index in [-0.39, 0.29) is 0 Å². The van der Waals surface area contributed by atoms with Crippen LogP contribution in [0.2, 0.25) is 0 Å². The Morgan fingerprint density at radius 1 is 1.58 bits per heavy atom. The summed E-state index contributed by atoms with van der Waals surface area (Å²) >= 11 is 5.10. The van der Waals surface area contributed by atoms with Crippen LogP contribution in [0.25, 0.3) is 10.4 Å². The van der Waals surface area contributed by atoms with Crippen molar-refractivity contribution in [3.05, 3.63) is 36.4 Å². The SMILES string of the molecule is [N-]=[N+]=Nc1cc(F)cc(Br)c1I. The molecule has 1 rings (SSSR count). The molecule has 0 aliphatic carbocycles. The van der Waals surface area contributed by atoms with Crippen LogP contribution in [0, 0.1) is 9.39 Å². The van der Waals surface area contributed by atoms with Crippen molar-refractivity contribution in [2.75, 3.05) is 0 Å². The molecule has 3 nitrogen and oxygen atoms in total. The zero-order valence-corrected chi connectivity index (χ0v) is 9.37. The lowest BCUT2D eigenvalue weighted by atomic mass is 10.3. The molecule has 0 saturated heterocycles. The third-order valence-corrected chi connectivity index (χ3v) is 3.63. The van der Waals surface area contributed by atoms with Gasteiger partial charge in [0.1, 0.15) is 5.82 Å². The van der Waals surface area contributed by atoms with Gasteiger partial charge in [-0.15, -0.1) is 0 Å². The molecule has 0 heterocycles. The van der Waals surface area contributed by atoms with Gasteiger partial charge in [0.25, 0.3) is 0 Å². The molecule has 0 aliphatic heterocycles. The summed E-state index contributed by atoms with van der Waals surface area (Å²) in [5.74, 6) is -0.426. The Kier molecular flexibility index (Phi) is 3.30. The van der Waals surface area contributed by atoms with Gasteiger partial charge in [-0.3, -0.25) is 0 Å². The lowest BCUT2D eigenvalue weighted by Crippen LogP contribution is -1.79. The zero-order valence-electron chi connectivity index (χ0n) is 5.63. The van der Waals surface area contributed by atoms with Gasteiger partial charge in [0.2, 0.25) is 0 Å². The second-order valence-corrected chi connectivity index (χ2v) is 3.84. The summed E-state index contributed by atoms with van der Waals surface area (Å²) in [6.45, 7) is 0. The molecule has 0 saturated carbocycles. The van der Waals surface area contributed by atoms with Gasteiger partial charge < -0.3 is 0 Å². The van der Waals surface area contributed by atoms with Crippen molar-refractivity contribution in [3.63, 3.8) is 0 Å². The fourth-order valence-corrected chi connectivity index (χ4v) is 1.50. The quantitative estimate of drug-likeness (QED) is 0.242. The second kappa shape index (κ2) is 4.06. The number of benzene rings is 1. The van der Waals surface area contributed by atoms with Crippen molar-refractivity contribution in [2.45, 2.75) is 0 Å². The lowest BCUT2D eigenvalue weighted by Gasteiger charge is -1.99. The molecule has 0 aromatic heterocycles. The van der Waals surface area contributed by atoms with E-state index in [1.54, 1.807) is 0 Å². The predicted molar refractivity (Wildman–Crippen MR) is 55.6 cm³/mol. The number of hydrogen-bond donors (Lipinski definition) is 0. The minimum absolute atomic E-state index is 0.296. The Morgan fingerprint density at radius 3 is 2.83 bits per heavy atom. The third-order valence-electron chi connectivity index (χ3n) is 1.13. The van der Waals surface area contributed by atoms with Crippen LogP contribution in [-0.4, -0.2) is 0 Å². The van der Waals surface area contributed by atoms with Crippen LogP contribution >= 0.6 is 38.5 Å². The van der Waals surface area contributed by atoms with Crippen LogP contribution in [0.3, 0.4) is 0 Å². The molecule has 12 heavy (non-hydrogen) atoms. The van der Waals surface area contributed by atoms with E-state index in [1.165, 1.54) is 12.1 Å². The number of azide groups is 1. The summed E-state index contributed by atoms with van der Waals surface area (Å²) in [6, 6.07) is 2.50. The van der Waals surface area contributed by atoms with Gasteiger partial charge in [0.05, 0.1) is 5.69 Å². The molecule has 0 fully saturated rings. The molecule has 6 heteroatoms. The first-order valence-corrected chi connectivity index (χ1v) is 4.72. The van der Waals surface area contributed by atoms with E-state index in [0.717, 1.165) is 0 Å². The van der Waals surface area contributed by atoms with Crippen molar-refractivity contribution >= 4 is 44.2 Å². The Morgan fingerprint density at radius 2 is 2.25 bits per heavy atom. The lowest BCUT2D eigenvalue weighted by molar-refractivity contribution is 0.627. The maximum Gasteiger partial charge on any atom is 0.124 e. The van der Waals surface area contributed by atoms with Gasteiger partial charge in [0.15, 0.2) is 0 Å². The average Bonchev–Trinajstić information content (AvgIpc) is 2.00. The molecule has 0 unspecified atom stereocenters. The fraction of sp³-hybridized carbons (Fsp3) is 0. The van der Waals surface area contributed by atoms with Crippen LogP contribution in [0.1, 0.15) is 0 Å². The first kappa shape index (κ1) is 9.76. The van der Waals surface area contributed by atoms with Gasteiger partial charge in [-0.05, 0) is 56.2 Å². The molecular formula is C6H2BrFIN3. The minimum atomic E-state index is -0.426. The van der Waals surface area contributed by atoms with Crippen LogP contribution in [0.15, 0.2) is 21.7 Å². The Bertz CT molecular complexity index is 362. The van der Waals surface area contributed by atoms with Gasteiger partial charge in [-0.2, -0.15) is 0 Å². The topological polar surface area (TPSA) is 48.8 Å². The van der Waals surface area contributed by atoms with E-state index in [4.69, 9.17) is 5.53 Å². The van der Waals surface area contributed by atoms with Gasteiger partial charge >= 0.3 is 0 Å². The molecule has 0 aliphatic rings. The highest BCUT2D eigenvalue weighted by Crippen LogP contribution is 2.29. The van der Waals surface area contributed by atoms with Crippen LogP contribution in [0.5, 0.6) is 0 Å². The highest BCUT2D eigenvalue weighted by Gasteiger charge is 2.04. The standard InChI is InChI=1S/C6H2BrFIN3/c7-4-1-3(8)2-5(6(4)9)11-12-10/h1-2H. The minimum Gasteiger partial charge on any atom is -0.207 e. The summed E-state index contributed by atoms with van der Waals surface area (Å²) in [7, 11) is 0. The van der Waals surface area contributed by atoms with Crippen LogP contribution < -0.4 is 0 Å². The monoisotopic (exact) mass is 341 g/mol. The summed E-state index contributed by atoms with van der Waals surface area (Å²) in [6.07, 6.45) is 0. The smallest absolute Gasteiger partial charge is 0.124 e. The van der Waals surface area contributed by atoms with Crippen LogP contribution in [0.4, 0.5) is 10.1 Å². The van der Waals surface area contributed by atoms with Gasteiger partial charge in [-0.25, -0.2) is 4.39 Å². The molecule has 0 amide bonds. The maximum atomic E-state index is 12.7. The van der Waals surface area contributed by atoms with Crippen LogP contribution in [-0.2, 0) is 0 Å². The average molecular weight is 342 g/mol. The molecule has 0 atom stereocenters. The molecule has 0 N–H and O–H groups in total. The first-order chi connectivity index (χ1) is 5.65. The van der Waals surface area contributed by atoms with E-state index in [1.807, 2.05) is 22.6 Å². The largest absolute Gasteiger partial charge is 0.207 e. The molecule has 62 valence electrons. The first-order valence-electron chi connectivity index (χ1n) is 2.85. The maximum absolute atomic E-state index is 12.7. The summed E-state index contributed by atoms with van der Waals surface area (Å²) in [4.78, 5) is 2.58. The molecule has 1 aromatic carbocycles. The molecule has 0 spiro atoms. The van der Waals surface area contributed by atoms with Gasteiger partial charge in [-0.1, -0.05) is 5.11 Å². The molecule has 1 aromatic rings. The Balaban J connectivity index is 3.36. The second-order valence-electron chi connectivity index (χ2n) is 1.91. The van der Waals surface area contributed by atoms with Crippen molar-refractivity contribution in [3.8, 4) is 0 Å². The van der Waals surface area contributed by atoms with Gasteiger partial charge in [0, 0.05) is 13.0 Å². The van der Waals surface area contributed by atoms with Crippen molar-refractivity contribution < 1.29 is 4.39 Å². The summed E-state index contributed by atoms with van der Waals surface area (Å²) < 4.78 is 14.0. The number of hydrogen-bond acceptors (Lipinski definition) is 1. The Labute approximate surface area is 89.9 Å².